The van der Waals surface area contributed by atoms with Crippen molar-refractivity contribution in [2.45, 2.75) is 32.6 Å². The van der Waals surface area contributed by atoms with E-state index in [4.69, 9.17) is 4.74 Å². The third kappa shape index (κ3) is 4.63. The van der Waals surface area contributed by atoms with Gasteiger partial charge >= 0.3 is 0 Å². The molecule has 1 aromatic heterocycles. The number of aromatic nitrogens is 1. The summed E-state index contributed by atoms with van der Waals surface area (Å²) in [6.45, 7) is 5.93. The third-order valence-corrected chi connectivity index (χ3v) is 5.79. The van der Waals surface area contributed by atoms with E-state index in [-0.39, 0.29) is 0 Å². The highest BCUT2D eigenvalue weighted by Crippen LogP contribution is 2.31. The highest BCUT2D eigenvalue weighted by atomic mass is 32.1. The van der Waals surface area contributed by atoms with Gasteiger partial charge in [0.2, 0.25) is 0 Å². The minimum Gasteiger partial charge on any atom is -0.431 e. The van der Waals surface area contributed by atoms with E-state index in [9.17, 15) is 0 Å². The minimum atomic E-state index is 0.706. The van der Waals surface area contributed by atoms with Gasteiger partial charge in [-0.15, -0.1) is 0 Å². The largest absolute Gasteiger partial charge is 0.431 e. The summed E-state index contributed by atoms with van der Waals surface area (Å²) in [7, 11) is 0. The highest BCUT2D eigenvalue weighted by molar-refractivity contribution is 7.20. The number of fused-ring (bicyclic) bond motifs is 1. The molecule has 0 aliphatic heterocycles. The number of hydrogen-bond donors (Lipinski definition) is 0. The molecule has 0 unspecified atom stereocenters. The number of hydrogen-bond acceptors (Lipinski definition) is 4. The summed E-state index contributed by atoms with van der Waals surface area (Å²) >= 11 is 1.59. The maximum Gasteiger partial charge on any atom is 0.279 e. The van der Waals surface area contributed by atoms with Gasteiger partial charge in [0.05, 0.1) is 10.2 Å². The first-order chi connectivity index (χ1) is 12.8. The Kier molecular flexibility index (Phi) is 5.51. The van der Waals surface area contributed by atoms with Crippen molar-refractivity contribution in [3.63, 3.8) is 0 Å². The minimum absolute atomic E-state index is 0.706. The lowest BCUT2D eigenvalue weighted by molar-refractivity contribution is 0.266. The smallest absolute Gasteiger partial charge is 0.279 e. The molecule has 0 spiro atoms. The van der Waals surface area contributed by atoms with Gasteiger partial charge in [0.15, 0.2) is 0 Å². The lowest BCUT2D eigenvalue weighted by atomic mass is 10.1. The molecule has 0 amide bonds. The fourth-order valence-corrected chi connectivity index (χ4v) is 4.12. The fraction of sp³-hybridized carbons (Fsp3) is 0.409. The Morgan fingerprint density at radius 2 is 1.88 bits per heavy atom. The molecule has 4 heteroatoms. The van der Waals surface area contributed by atoms with Gasteiger partial charge in [-0.25, -0.2) is 4.98 Å². The number of ether oxygens (including phenoxy) is 1. The molecule has 1 aliphatic rings. The van der Waals surface area contributed by atoms with Crippen LogP contribution >= 0.6 is 11.3 Å². The molecule has 4 rings (SSSR count). The van der Waals surface area contributed by atoms with Crippen LogP contribution in [-0.2, 0) is 6.42 Å². The first kappa shape index (κ1) is 17.5. The van der Waals surface area contributed by atoms with Crippen molar-refractivity contribution in [3.05, 3.63) is 54.1 Å². The van der Waals surface area contributed by atoms with Crippen LogP contribution in [0.5, 0.6) is 10.9 Å². The van der Waals surface area contributed by atoms with Crippen molar-refractivity contribution in [1.82, 2.24) is 9.88 Å². The Balaban J connectivity index is 1.33. The van der Waals surface area contributed by atoms with Crippen molar-refractivity contribution in [2.24, 2.45) is 5.92 Å². The van der Waals surface area contributed by atoms with Crippen LogP contribution in [0.1, 0.15) is 31.7 Å². The van der Waals surface area contributed by atoms with Crippen molar-refractivity contribution in [1.29, 1.82) is 0 Å². The summed E-state index contributed by atoms with van der Waals surface area (Å²) in [5.74, 6) is 1.82. The molecule has 136 valence electrons. The average Bonchev–Trinajstić information content (AvgIpc) is 3.38. The predicted octanol–water partition coefficient (Wildman–Crippen LogP) is 5.75. The van der Waals surface area contributed by atoms with E-state index in [0.29, 0.717) is 5.19 Å². The van der Waals surface area contributed by atoms with E-state index < -0.39 is 0 Å². The van der Waals surface area contributed by atoms with E-state index >= 15 is 0 Å². The number of nitrogens with zero attached hydrogens (tertiary/aromatic N) is 2. The topological polar surface area (TPSA) is 25.4 Å². The second kappa shape index (κ2) is 8.19. The first-order valence-electron chi connectivity index (χ1n) is 9.65. The third-order valence-electron chi connectivity index (χ3n) is 4.87. The lowest BCUT2D eigenvalue weighted by Gasteiger charge is -2.21. The Morgan fingerprint density at radius 3 is 2.62 bits per heavy atom. The normalized spacial score (nSPS) is 14.2. The average molecular weight is 367 g/mol. The van der Waals surface area contributed by atoms with Gasteiger partial charge in [-0.05, 0) is 68.0 Å². The summed E-state index contributed by atoms with van der Waals surface area (Å²) in [6.07, 6.45) is 5.20. The van der Waals surface area contributed by atoms with Crippen LogP contribution in [-0.4, -0.2) is 29.5 Å². The summed E-state index contributed by atoms with van der Waals surface area (Å²) in [4.78, 5) is 7.16. The van der Waals surface area contributed by atoms with Crippen molar-refractivity contribution in [2.75, 3.05) is 19.6 Å². The predicted molar refractivity (Wildman–Crippen MR) is 109 cm³/mol. The van der Waals surface area contributed by atoms with E-state index in [1.165, 1.54) is 37.9 Å². The second-order valence-corrected chi connectivity index (χ2v) is 8.18. The van der Waals surface area contributed by atoms with Gasteiger partial charge in [0.25, 0.3) is 5.19 Å². The van der Waals surface area contributed by atoms with Crippen LogP contribution in [0.2, 0.25) is 0 Å². The molecule has 3 nitrogen and oxygen atoms in total. The zero-order valence-corrected chi connectivity index (χ0v) is 16.2. The number of thiazole rings is 1. The van der Waals surface area contributed by atoms with Gasteiger partial charge in [-0.2, -0.15) is 0 Å². The molecule has 2 aromatic carbocycles. The molecule has 0 bridgehead atoms. The standard InChI is InChI=1S/C22H26N2OS/c1-2-14-24(16-18-7-8-18)15-13-17-9-11-19(12-10-17)25-22-23-20-5-3-4-6-21(20)26-22/h3-6,9-12,18H,2,7-8,13-16H2,1H3. The molecule has 1 heterocycles. The van der Waals surface area contributed by atoms with E-state index in [2.05, 4.69) is 47.1 Å². The molecule has 1 aliphatic carbocycles. The molecule has 0 radical (unpaired) electrons. The monoisotopic (exact) mass is 366 g/mol. The first-order valence-corrected chi connectivity index (χ1v) is 10.5. The lowest BCUT2D eigenvalue weighted by Crippen LogP contribution is -2.29. The van der Waals surface area contributed by atoms with Crippen LogP contribution in [0.3, 0.4) is 0 Å². The number of rotatable bonds is 9. The Morgan fingerprint density at radius 1 is 1.08 bits per heavy atom. The van der Waals surface area contributed by atoms with Crippen molar-refractivity contribution < 1.29 is 4.74 Å². The molecule has 0 N–H and O–H groups in total. The van der Waals surface area contributed by atoms with E-state index in [1.54, 1.807) is 11.3 Å². The quantitative estimate of drug-likeness (QED) is 0.482. The Bertz CT molecular complexity index is 806. The highest BCUT2D eigenvalue weighted by Gasteiger charge is 2.23. The molecule has 0 atom stereocenters. The summed E-state index contributed by atoms with van der Waals surface area (Å²) in [5.41, 5.74) is 2.37. The number of benzene rings is 2. The van der Waals surface area contributed by atoms with Gasteiger partial charge in [0.1, 0.15) is 5.75 Å². The van der Waals surface area contributed by atoms with Gasteiger partial charge in [-0.3, -0.25) is 0 Å². The molecule has 1 saturated carbocycles. The maximum atomic E-state index is 5.94. The fourth-order valence-electron chi connectivity index (χ4n) is 3.28. The van der Waals surface area contributed by atoms with E-state index in [0.717, 1.165) is 34.8 Å². The molecule has 3 aromatic rings. The number of para-hydroxylation sites is 1. The van der Waals surface area contributed by atoms with Gasteiger partial charge in [-0.1, -0.05) is 42.5 Å². The van der Waals surface area contributed by atoms with E-state index in [1.807, 2.05) is 18.2 Å². The molecular weight excluding hydrogens is 340 g/mol. The van der Waals surface area contributed by atoms with Crippen LogP contribution < -0.4 is 4.74 Å². The van der Waals surface area contributed by atoms with Crippen LogP contribution in [0.15, 0.2) is 48.5 Å². The summed E-state index contributed by atoms with van der Waals surface area (Å²) < 4.78 is 7.10. The Labute approximate surface area is 159 Å². The second-order valence-electron chi connectivity index (χ2n) is 7.19. The maximum absolute atomic E-state index is 5.94. The van der Waals surface area contributed by atoms with Crippen molar-refractivity contribution >= 4 is 21.6 Å². The molecular formula is C22H26N2OS. The molecule has 1 fully saturated rings. The van der Waals surface area contributed by atoms with Crippen LogP contribution in [0.4, 0.5) is 0 Å². The zero-order valence-electron chi connectivity index (χ0n) is 15.4. The van der Waals surface area contributed by atoms with Crippen molar-refractivity contribution in [3.8, 4) is 10.9 Å². The summed E-state index contributed by atoms with van der Waals surface area (Å²) in [6, 6.07) is 16.6. The van der Waals surface area contributed by atoms with Gasteiger partial charge < -0.3 is 9.64 Å². The van der Waals surface area contributed by atoms with Crippen LogP contribution in [0.25, 0.3) is 10.2 Å². The summed E-state index contributed by atoms with van der Waals surface area (Å²) in [5, 5.41) is 0.706. The molecule has 0 saturated heterocycles. The molecule has 26 heavy (non-hydrogen) atoms. The zero-order chi connectivity index (χ0) is 17.8. The van der Waals surface area contributed by atoms with Gasteiger partial charge in [0, 0.05) is 13.1 Å². The Hall–Kier alpha value is -1.91. The SMILES string of the molecule is CCCN(CCc1ccc(Oc2nc3ccccc3s2)cc1)CC1CC1. The van der Waals surface area contributed by atoms with Crippen LogP contribution in [0, 0.1) is 5.92 Å².